The van der Waals surface area contributed by atoms with Crippen molar-refractivity contribution in [2.75, 3.05) is 19.0 Å². The predicted molar refractivity (Wildman–Crippen MR) is 98.6 cm³/mol. The van der Waals surface area contributed by atoms with E-state index in [4.69, 9.17) is 0 Å². The molecule has 0 aliphatic heterocycles. The molecule has 0 unspecified atom stereocenters. The third kappa shape index (κ3) is 2.52. The SMILES string of the molecule is CN(C)c1ccc(-n2ncc(-c3cccc4ccccc34)n2)cc1. The third-order valence-electron chi connectivity index (χ3n) is 4.15. The Kier molecular flexibility index (Phi) is 3.50. The van der Waals surface area contributed by atoms with Crippen LogP contribution in [0.5, 0.6) is 0 Å². The fourth-order valence-electron chi connectivity index (χ4n) is 2.84. The predicted octanol–water partition coefficient (Wildman–Crippen LogP) is 4.15. The minimum absolute atomic E-state index is 0.878. The summed E-state index contributed by atoms with van der Waals surface area (Å²) in [4.78, 5) is 3.75. The number of rotatable bonds is 3. The molecule has 0 N–H and O–H groups in total. The summed E-state index contributed by atoms with van der Waals surface area (Å²) < 4.78 is 0. The van der Waals surface area contributed by atoms with E-state index in [0.29, 0.717) is 0 Å². The van der Waals surface area contributed by atoms with Crippen molar-refractivity contribution < 1.29 is 0 Å². The molecule has 0 saturated heterocycles. The largest absolute Gasteiger partial charge is 0.378 e. The van der Waals surface area contributed by atoms with Crippen molar-refractivity contribution in [3.8, 4) is 16.9 Å². The number of hydrogen-bond donors (Lipinski definition) is 0. The van der Waals surface area contributed by atoms with E-state index in [1.807, 2.05) is 32.4 Å². The molecular formula is C20H18N4. The molecule has 0 atom stereocenters. The van der Waals surface area contributed by atoms with Gasteiger partial charge in [-0.3, -0.25) is 0 Å². The summed E-state index contributed by atoms with van der Waals surface area (Å²) in [6.45, 7) is 0. The second-order valence-electron chi connectivity index (χ2n) is 5.96. The van der Waals surface area contributed by atoms with Crippen LogP contribution >= 0.6 is 0 Å². The monoisotopic (exact) mass is 314 g/mol. The van der Waals surface area contributed by atoms with Crippen molar-refractivity contribution in [2.45, 2.75) is 0 Å². The van der Waals surface area contributed by atoms with Gasteiger partial charge in [-0.15, -0.1) is 5.10 Å². The molecule has 3 aromatic carbocycles. The van der Waals surface area contributed by atoms with Crippen molar-refractivity contribution in [2.24, 2.45) is 0 Å². The highest BCUT2D eigenvalue weighted by Crippen LogP contribution is 2.27. The Balaban J connectivity index is 1.74. The molecule has 4 aromatic rings. The van der Waals surface area contributed by atoms with Crippen LogP contribution in [0.3, 0.4) is 0 Å². The Morgan fingerprint density at radius 3 is 2.38 bits per heavy atom. The van der Waals surface area contributed by atoms with Crippen LogP contribution in [-0.4, -0.2) is 29.1 Å². The van der Waals surface area contributed by atoms with E-state index in [2.05, 4.69) is 69.7 Å². The maximum Gasteiger partial charge on any atom is 0.114 e. The fraction of sp³-hybridized carbons (Fsp3) is 0.100. The van der Waals surface area contributed by atoms with E-state index in [1.165, 1.54) is 10.8 Å². The average molecular weight is 314 g/mol. The summed E-state index contributed by atoms with van der Waals surface area (Å²) >= 11 is 0. The molecule has 0 spiro atoms. The highest BCUT2D eigenvalue weighted by Gasteiger charge is 2.09. The molecule has 118 valence electrons. The first-order chi connectivity index (χ1) is 11.7. The molecule has 1 heterocycles. The molecule has 0 aliphatic carbocycles. The molecular weight excluding hydrogens is 296 g/mol. The fourth-order valence-corrected chi connectivity index (χ4v) is 2.84. The van der Waals surface area contributed by atoms with Gasteiger partial charge in [0.25, 0.3) is 0 Å². The van der Waals surface area contributed by atoms with Crippen molar-refractivity contribution in [1.29, 1.82) is 0 Å². The van der Waals surface area contributed by atoms with Crippen molar-refractivity contribution in [3.63, 3.8) is 0 Å². The lowest BCUT2D eigenvalue weighted by Gasteiger charge is -2.12. The normalized spacial score (nSPS) is 10.9. The molecule has 0 saturated carbocycles. The Labute approximate surface area is 141 Å². The van der Waals surface area contributed by atoms with Gasteiger partial charge in [-0.2, -0.15) is 9.90 Å². The van der Waals surface area contributed by atoms with Crippen LogP contribution in [0.15, 0.2) is 72.9 Å². The molecule has 4 rings (SSSR count). The molecule has 4 heteroatoms. The molecule has 0 amide bonds. The topological polar surface area (TPSA) is 34.0 Å². The van der Waals surface area contributed by atoms with Crippen LogP contribution in [0.25, 0.3) is 27.7 Å². The van der Waals surface area contributed by atoms with Gasteiger partial charge in [0, 0.05) is 25.3 Å². The Hall–Kier alpha value is -3.14. The van der Waals surface area contributed by atoms with Crippen molar-refractivity contribution in [3.05, 3.63) is 72.9 Å². The van der Waals surface area contributed by atoms with Crippen molar-refractivity contribution in [1.82, 2.24) is 15.0 Å². The smallest absolute Gasteiger partial charge is 0.114 e. The van der Waals surface area contributed by atoms with Gasteiger partial charge in [-0.1, -0.05) is 42.5 Å². The van der Waals surface area contributed by atoms with Crippen LogP contribution in [0.4, 0.5) is 5.69 Å². The van der Waals surface area contributed by atoms with Gasteiger partial charge in [0.2, 0.25) is 0 Å². The standard InChI is InChI=1S/C20H18N4/c1-23(2)16-10-12-17(13-11-16)24-21-14-20(22-24)19-9-5-7-15-6-3-4-8-18(15)19/h3-14H,1-2H3. The average Bonchev–Trinajstić information content (AvgIpc) is 3.11. The van der Waals surface area contributed by atoms with Crippen molar-refractivity contribution >= 4 is 16.5 Å². The third-order valence-corrected chi connectivity index (χ3v) is 4.15. The summed E-state index contributed by atoms with van der Waals surface area (Å²) in [5.74, 6) is 0. The Bertz CT molecular complexity index is 979. The quantitative estimate of drug-likeness (QED) is 0.569. The zero-order chi connectivity index (χ0) is 16.5. The summed E-state index contributed by atoms with van der Waals surface area (Å²) in [6.07, 6.45) is 1.82. The number of fused-ring (bicyclic) bond motifs is 1. The number of anilines is 1. The summed E-state index contributed by atoms with van der Waals surface area (Å²) in [5.41, 5.74) is 4.08. The van der Waals surface area contributed by atoms with Gasteiger partial charge < -0.3 is 4.90 Å². The molecule has 24 heavy (non-hydrogen) atoms. The minimum Gasteiger partial charge on any atom is -0.378 e. The molecule has 4 nitrogen and oxygen atoms in total. The van der Waals surface area contributed by atoms with Gasteiger partial charge in [0.1, 0.15) is 5.69 Å². The van der Waals surface area contributed by atoms with Gasteiger partial charge in [0.15, 0.2) is 0 Å². The lowest BCUT2D eigenvalue weighted by atomic mass is 10.0. The highest BCUT2D eigenvalue weighted by atomic mass is 15.5. The Morgan fingerprint density at radius 1 is 0.833 bits per heavy atom. The molecule has 1 aromatic heterocycles. The zero-order valence-corrected chi connectivity index (χ0v) is 13.7. The molecule has 0 aliphatic rings. The first-order valence-electron chi connectivity index (χ1n) is 7.90. The number of benzene rings is 3. The van der Waals surface area contributed by atoms with Crippen LogP contribution in [0, 0.1) is 0 Å². The lowest BCUT2D eigenvalue weighted by molar-refractivity contribution is 0.754. The number of aromatic nitrogens is 3. The van der Waals surface area contributed by atoms with E-state index in [-0.39, 0.29) is 0 Å². The molecule has 0 bridgehead atoms. The van der Waals surface area contributed by atoms with E-state index in [0.717, 1.165) is 22.6 Å². The first-order valence-corrected chi connectivity index (χ1v) is 7.90. The first kappa shape index (κ1) is 14.5. The van der Waals surface area contributed by atoms with Gasteiger partial charge in [-0.25, -0.2) is 0 Å². The van der Waals surface area contributed by atoms with Crippen LogP contribution < -0.4 is 4.90 Å². The van der Waals surface area contributed by atoms with Crippen LogP contribution in [0.2, 0.25) is 0 Å². The van der Waals surface area contributed by atoms with Gasteiger partial charge >= 0.3 is 0 Å². The van der Waals surface area contributed by atoms with E-state index < -0.39 is 0 Å². The maximum atomic E-state index is 4.67. The summed E-state index contributed by atoms with van der Waals surface area (Å²) in [5, 5.41) is 11.5. The Morgan fingerprint density at radius 2 is 1.58 bits per heavy atom. The summed E-state index contributed by atoms with van der Waals surface area (Å²) in [7, 11) is 4.06. The highest BCUT2D eigenvalue weighted by molar-refractivity contribution is 5.95. The van der Waals surface area contributed by atoms with E-state index >= 15 is 0 Å². The number of nitrogens with zero attached hydrogens (tertiary/aromatic N) is 4. The maximum absolute atomic E-state index is 4.67. The van der Waals surface area contributed by atoms with E-state index in [1.54, 1.807) is 4.80 Å². The minimum atomic E-state index is 0.878. The van der Waals surface area contributed by atoms with Crippen LogP contribution in [-0.2, 0) is 0 Å². The molecule has 0 fully saturated rings. The second-order valence-corrected chi connectivity index (χ2v) is 5.96. The van der Waals surface area contributed by atoms with Gasteiger partial charge in [-0.05, 0) is 35.0 Å². The molecule has 0 radical (unpaired) electrons. The second kappa shape index (κ2) is 5.81. The van der Waals surface area contributed by atoms with Crippen LogP contribution in [0.1, 0.15) is 0 Å². The number of hydrogen-bond acceptors (Lipinski definition) is 3. The van der Waals surface area contributed by atoms with Gasteiger partial charge in [0.05, 0.1) is 11.9 Å². The van der Waals surface area contributed by atoms with E-state index in [9.17, 15) is 0 Å². The zero-order valence-electron chi connectivity index (χ0n) is 13.7. The lowest BCUT2D eigenvalue weighted by Crippen LogP contribution is -2.08. The summed E-state index contributed by atoms with van der Waals surface area (Å²) in [6, 6.07) is 22.8.